The van der Waals surface area contributed by atoms with Gasteiger partial charge in [0.15, 0.2) is 0 Å². The Kier molecular flexibility index (Phi) is 24.1. The van der Waals surface area contributed by atoms with Crippen LogP contribution < -0.4 is 0 Å². The molecule has 0 rings (SSSR count). The molecule has 0 amide bonds. The third kappa shape index (κ3) is 26.1. The molecule has 0 aliphatic heterocycles. The molecule has 0 atom stereocenters. The fourth-order valence-corrected chi connectivity index (χ4v) is 0.896. The molecule has 0 spiro atoms. The lowest BCUT2D eigenvalue weighted by Gasteiger charge is -1.77. The van der Waals surface area contributed by atoms with Crippen LogP contribution in [0.3, 0.4) is 0 Å². The first kappa shape index (κ1) is 13.3. The Bertz CT molecular complexity index is 30.2. The molecular formula is C6H13Br2I. The van der Waals surface area contributed by atoms with Crippen LogP contribution in [0.25, 0.3) is 0 Å². The quantitative estimate of drug-likeness (QED) is 0.519. The van der Waals surface area contributed by atoms with Gasteiger partial charge in [0.2, 0.25) is 0 Å². The summed E-state index contributed by atoms with van der Waals surface area (Å²) in [6.07, 6.45) is 2.71. The van der Waals surface area contributed by atoms with E-state index >= 15 is 0 Å². The smallest absolute Gasteiger partial charge is 0.0129 e. The Hall–Kier alpha value is 1.69. The van der Waals surface area contributed by atoms with Crippen LogP contribution in [0.5, 0.6) is 0 Å². The van der Waals surface area contributed by atoms with E-state index in [1.807, 2.05) is 0 Å². The predicted molar refractivity (Wildman–Crippen MR) is 61.4 cm³/mol. The van der Waals surface area contributed by atoms with Gasteiger partial charge in [0.1, 0.15) is 0 Å². The van der Waals surface area contributed by atoms with Gasteiger partial charge >= 0.3 is 0 Å². The standard InChI is InChI=1S/C4H9I.C2H4Br2/c1-2-3-4-5;3-1-2-4/h2-4H2,1H3;1-2H2. The van der Waals surface area contributed by atoms with Crippen molar-refractivity contribution in [3.05, 3.63) is 0 Å². The molecule has 0 aromatic carbocycles. The van der Waals surface area contributed by atoms with E-state index in [1.54, 1.807) is 0 Å². The number of alkyl halides is 3. The molecule has 0 N–H and O–H groups in total. The zero-order valence-corrected chi connectivity index (χ0v) is 11.0. The molecule has 0 unspecified atom stereocenters. The summed E-state index contributed by atoms with van der Waals surface area (Å²) in [7, 11) is 0. The SMILES string of the molecule is BrCCBr.CCCCI. The second-order valence-corrected chi connectivity index (χ2v) is 4.09. The minimum atomic E-state index is 1.05. The molecule has 0 aromatic heterocycles. The summed E-state index contributed by atoms with van der Waals surface area (Å²) < 4.78 is 1.31. The first-order valence-corrected chi connectivity index (χ1v) is 6.78. The van der Waals surface area contributed by atoms with Gasteiger partial charge in [0, 0.05) is 10.7 Å². The minimum Gasteiger partial charge on any atom is -0.0919 e. The normalized spacial score (nSPS) is 8.00. The zero-order chi connectivity index (χ0) is 7.54. The highest BCUT2D eigenvalue weighted by molar-refractivity contribution is 14.1. The second kappa shape index (κ2) is 16.3. The van der Waals surface area contributed by atoms with Gasteiger partial charge in [-0.3, -0.25) is 0 Å². The van der Waals surface area contributed by atoms with Crippen LogP contribution in [-0.4, -0.2) is 15.1 Å². The fraction of sp³-hybridized carbons (Fsp3) is 1.00. The molecule has 0 saturated heterocycles. The number of unbranched alkanes of at least 4 members (excludes halogenated alkanes) is 1. The summed E-state index contributed by atoms with van der Waals surface area (Å²) in [5, 5.41) is 2.10. The van der Waals surface area contributed by atoms with Crippen molar-refractivity contribution in [1.29, 1.82) is 0 Å². The van der Waals surface area contributed by atoms with Crippen LogP contribution >= 0.6 is 54.5 Å². The first-order chi connectivity index (χ1) is 4.33. The molecule has 0 saturated carbocycles. The van der Waals surface area contributed by atoms with Gasteiger partial charge in [-0.15, -0.1) is 0 Å². The van der Waals surface area contributed by atoms with Gasteiger partial charge < -0.3 is 0 Å². The number of rotatable bonds is 3. The molecule has 0 nitrogen and oxygen atoms in total. The summed E-state index contributed by atoms with van der Waals surface area (Å²) in [4.78, 5) is 0. The van der Waals surface area contributed by atoms with Crippen molar-refractivity contribution >= 4 is 54.5 Å². The van der Waals surface area contributed by atoms with Crippen molar-refractivity contribution in [2.75, 3.05) is 15.1 Å². The van der Waals surface area contributed by atoms with E-state index < -0.39 is 0 Å². The van der Waals surface area contributed by atoms with E-state index in [9.17, 15) is 0 Å². The van der Waals surface area contributed by atoms with Gasteiger partial charge in [-0.2, -0.15) is 0 Å². The van der Waals surface area contributed by atoms with Gasteiger partial charge in [-0.25, -0.2) is 0 Å². The van der Waals surface area contributed by atoms with Crippen LogP contribution in [0, 0.1) is 0 Å². The molecule has 0 heterocycles. The van der Waals surface area contributed by atoms with Crippen LogP contribution in [-0.2, 0) is 0 Å². The number of hydrogen-bond donors (Lipinski definition) is 0. The van der Waals surface area contributed by atoms with E-state index in [2.05, 4.69) is 61.4 Å². The van der Waals surface area contributed by atoms with Crippen molar-refractivity contribution in [3.8, 4) is 0 Å². The van der Waals surface area contributed by atoms with Crippen molar-refractivity contribution in [2.24, 2.45) is 0 Å². The molecule has 0 aromatic rings. The van der Waals surface area contributed by atoms with Crippen LogP contribution in [0.4, 0.5) is 0 Å². The van der Waals surface area contributed by atoms with E-state index in [-0.39, 0.29) is 0 Å². The van der Waals surface area contributed by atoms with Crippen molar-refractivity contribution < 1.29 is 0 Å². The summed E-state index contributed by atoms with van der Waals surface area (Å²) in [6.45, 7) is 2.21. The topological polar surface area (TPSA) is 0 Å². The lowest BCUT2D eigenvalue weighted by atomic mass is 10.4. The predicted octanol–water partition coefficient (Wildman–Crippen LogP) is 4.00. The van der Waals surface area contributed by atoms with E-state index in [4.69, 9.17) is 0 Å². The zero-order valence-electron chi connectivity index (χ0n) is 5.67. The Balaban J connectivity index is 0. The molecule has 3 heteroatoms. The molecule has 0 aliphatic carbocycles. The van der Waals surface area contributed by atoms with E-state index in [1.165, 1.54) is 17.3 Å². The number of hydrogen-bond acceptors (Lipinski definition) is 0. The van der Waals surface area contributed by atoms with E-state index in [0.29, 0.717) is 0 Å². The van der Waals surface area contributed by atoms with Crippen molar-refractivity contribution in [3.63, 3.8) is 0 Å². The molecule has 58 valence electrons. The maximum absolute atomic E-state index is 3.20. The lowest BCUT2D eigenvalue weighted by molar-refractivity contribution is 0.907. The first-order valence-electron chi connectivity index (χ1n) is 3.01. The highest BCUT2D eigenvalue weighted by Gasteiger charge is 1.69. The summed E-state index contributed by atoms with van der Waals surface area (Å²) in [6, 6.07) is 0. The minimum absolute atomic E-state index is 1.05. The van der Waals surface area contributed by atoms with Gasteiger partial charge in [0.05, 0.1) is 0 Å². The highest BCUT2D eigenvalue weighted by atomic mass is 127. The Morgan fingerprint density at radius 1 is 1.22 bits per heavy atom. The summed E-state index contributed by atoms with van der Waals surface area (Å²) in [5.74, 6) is 0. The Morgan fingerprint density at radius 2 is 1.67 bits per heavy atom. The maximum atomic E-state index is 3.20. The third-order valence-electron chi connectivity index (χ3n) is 0.559. The van der Waals surface area contributed by atoms with Crippen molar-refractivity contribution in [2.45, 2.75) is 19.8 Å². The van der Waals surface area contributed by atoms with E-state index in [0.717, 1.165) is 10.7 Å². The summed E-state index contributed by atoms with van der Waals surface area (Å²) >= 11 is 8.79. The Morgan fingerprint density at radius 3 is 1.67 bits per heavy atom. The highest BCUT2D eigenvalue weighted by Crippen LogP contribution is 1.90. The molecular weight excluding hydrogens is 359 g/mol. The molecule has 0 fully saturated rings. The lowest BCUT2D eigenvalue weighted by Crippen LogP contribution is -1.64. The van der Waals surface area contributed by atoms with Crippen LogP contribution in [0.2, 0.25) is 0 Å². The number of halogens is 3. The fourth-order valence-electron chi connectivity index (χ4n) is 0.134. The van der Waals surface area contributed by atoms with Gasteiger partial charge in [-0.05, 0) is 10.8 Å². The molecule has 0 aliphatic rings. The Labute approximate surface area is 88.6 Å². The average Bonchev–Trinajstić information content (AvgIpc) is 1.91. The molecule has 9 heavy (non-hydrogen) atoms. The molecule has 0 radical (unpaired) electrons. The molecule has 0 bridgehead atoms. The van der Waals surface area contributed by atoms with Crippen molar-refractivity contribution in [1.82, 2.24) is 0 Å². The van der Waals surface area contributed by atoms with Gasteiger partial charge in [-0.1, -0.05) is 67.8 Å². The largest absolute Gasteiger partial charge is 0.0919 e. The summed E-state index contributed by atoms with van der Waals surface area (Å²) in [5.41, 5.74) is 0. The monoisotopic (exact) mass is 370 g/mol. The maximum Gasteiger partial charge on any atom is 0.0129 e. The average molecular weight is 372 g/mol. The third-order valence-corrected chi connectivity index (χ3v) is 3.18. The van der Waals surface area contributed by atoms with Gasteiger partial charge in [0.25, 0.3) is 0 Å². The van der Waals surface area contributed by atoms with Crippen LogP contribution in [0.1, 0.15) is 19.8 Å². The second-order valence-electron chi connectivity index (χ2n) is 1.42. The van der Waals surface area contributed by atoms with Crippen LogP contribution in [0.15, 0.2) is 0 Å².